The van der Waals surface area contributed by atoms with E-state index in [2.05, 4.69) is 16.9 Å². The lowest BCUT2D eigenvalue weighted by atomic mass is 9.89. The molecule has 2 aromatic rings. The van der Waals surface area contributed by atoms with Gasteiger partial charge >= 0.3 is 0 Å². The summed E-state index contributed by atoms with van der Waals surface area (Å²) in [6.45, 7) is 1.89. The van der Waals surface area contributed by atoms with Crippen LogP contribution in [0, 0.1) is 0 Å². The standard InChI is InChI=1S/C19H22ClNO2S/c1-14(17-9-8-16-4-2-3-5-18(16)12-17)21-24(22,23)13-15-6-10-19(20)11-7-15/h6-12,14,21H,2-5,13H2,1H3/t14-/m0/s1. The van der Waals surface area contributed by atoms with E-state index in [4.69, 9.17) is 11.6 Å². The normalized spacial score (nSPS) is 15.8. The Bertz CT molecular complexity index is 816. The zero-order chi connectivity index (χ0) is 17.2. The van der Waals surface area contributed by atoms with Gasteiger partial charge in [0.25, 0.3) is 0 Å². The van der Waals surface area contributed by atoms with Crippen LogP contribution in [-0.4, -0.2) is 8.42 Å². The van der Waals surface area contributed by atoms with Crippen molar-refractivity contribution in [3.05, 3.63) is 69.7 Å². The van der Waals surface area contributed by atoms with Gasteiger partial charge in [-0.1, -0.05) is 41.9 Å². The number of nitrogens with one attached hydrogen (secondary N) is 1. The van der Waals surface area contributed by atoms with Crippen LogP contribution >= 0.6 is 11.6 Å². The molecule has 0 aliphatic heterocycles. The van der Waals surface area contributed by atoms with E-state index in [1.807, 2.05) is 13.0 Å². The lowest BCUT2D eigenvalue weighted by Gasteiger charge is -2.20. The zero-order valence-electron chi connectivity index (χ0n) is 13.8. The third kappa shape index (κ3) is 4.38. The lowest BCUT2D eigenvalue weighted by molar-refractivity contribution is 0.565. The number of hydrogen-bond donors (Lipinski definition) is 1. The Labute approximate surface area is 149 Å². The monoisotopic (exact) mass is 363 g/mol. The van der Waals surface area contributed by atoms with Crippen molar-refractivity contribution in [3.63, 3.8) is 0 Å². The van der Waals surface area contributed by atoms with Crippen molar-refractivity contribution >= 4 is 21.6 Å². The molecular formula is C19H22ClNO2S. The van der Waals surface area contributed by atoms with Crippen LogP contribution < -0.4 is 4.72 Å². The highest BCUT2D eigenvalue weighted by Crippen LogP contribution is 2.25. The summed E-state index contributed by atoms with van der Waals surface area (Å²) < 4.78 is 27.6. The van der Waals surface area contributed by atoms with E-state index in [1.165, 1.54) is 24.0 Å². The molecule has 0 unspecified atom stereocenters. The second kappa shape index (κ2) is 7.26. The van der Waals surface area contributed by atoms with Gasteiger partial charge in [0.2, 0.25) is 10.0 Å². The Balaban J connectivity index is 1.71. The summed E-state index contributed by atoms with van der Waals surface area (Å²) in [6, 6.07) is 13.0. The lowest BCUT2D eigenvalue weighted by Crippen LogP contribution is -2.28. The minimum absolute atomic E-state index is 0.0422. The van der Waals surface area contributed by atoms with Crippen molar-refractivity contribution in [1.29, 1.82) is 0 Å². The van der Waals surface area contributed by atoms with Gasteiger partial charge in [0.05, 0.1) is 5.75 Å². The number of halogens is 1. The van der Waals surface area contributed by atoms with Crippen LogP contribution in [0.25, 0.3) is 0 Å². The van der Waals surface area contributed by atoms with E-state index in [0.717, 1.165) is 24.0 Å². The van der Waals surface area contributed by atoms with E-state index >= 15 is 0 Å². The van der Waals surface area contributed by atoms with Crippen LogP contribution in [0.2, 0.25) is 5.02 Å². The Kier molecular flexibility index (Phi) is 5.28. The van der Waals surface area contributed by atoms with E-state index in [0.29, 0.717) is 5.02 Å². The van der Waals surface area contributed by atoms with E-state index in [9.17, 15) is 8.42 Å². The quantitative estimate of drug-likeness (QED) is 0.855. The zero-order valence-corrected chi connectivity index (χ0v) is 15.3. The molecule has 1 N–H and O–H groups in total. The van der Waals surface area contributed by atoms with Crippen molar-refractivity contribution in [2.24, 2.45) is 0 Å². The number of rotatable bonds is 5. The maximum atomic E-state index is 12.4. The van der Waals surface area contributed by atoms with E-state index in [1.54, 1.807) is 24.3 Å². The Hall–Kier alpha value is -1.36. The molecule has 0 spiro atoms. The SMILES string of the molecule is C[C@H](NS(=O)(=O)Cc1ccc(Cl)cc1)c1ccc2c(c1)CCCC2. The molecule has 0 amide bonds. The molecule has 24 heavy (non-hydrogen) atoms. The summed E-state index contributed by atoms with van der Waals surface area (Å²) in [5.41, 5.74) is 4.52. The van der Waals surface area contributed by atoms with Crippen LogP contribution in [0.15, 0.2) is 42.5 Å². The molecule has 5 heteroatoms. The van der Waals surface area contributed by atoms with E-state index in [-0.39, 0.29) is 11.8 Å². The number of benzene rings is 2. The molecule has 0 aromatic heterocycles. The molecule has 1 aliphatic rings. The molecule has 0 saturated carbocycles. The highest BCUT2D eigenvalue weighted by Gasteiger charge is 2.18. The van der Waals surface area contributed by atoms with Crippen LogP contribution in [-0.2, 0) is 28.6 Å². The van der Waals surface area contributed by atoms with Gasteiger partial charge in [0.15, 0.2) is 0 Å². The summed E-state index contributed by atoms with van der Waals surface area (Å²) in [4.78, 5) is 0. The summed E-state index contributed by atoms with van der Waals surface area (Å²) in [5.74, 6) is -0.0422. The van der Waals surface area contributed by atoms with Crippen molar-refractivity contribution in [2.45, 2.75) is 44.4 Å². The number of aryl methyl sites for hydroxylation is 2. The van der Waals surface area contributed by atoms with Crippen LogP contribution in [0.4, 0.5) is 0 Å². The topological polar surface area (TPSA) is 46.2 Å². The minimum Gasteiger partial charge on any atom is -0.212 e. The molecule has 0 bridgehead atoms. The van der Waals surface area contributed by atoms with Crippen LogP contribution in [0.5, 0.6) is 0 Å². The van der Waals surface area contributed by atoms with Gasteiger partial charge in [0, 0.05) is 11.1 Å². The molecule has 1 aliphatic carbocycles. The average molecular weight is 364 g/mol. The average Bonchev–Trinajstić information content (AvgIpc) is 2.56. The number of sulfonamides is 1. The van der Waals surface area contributed by atoms with E-state index < -0.39 is 10.0 Å². The van der Waals surface area contributed by atoms with Gasteiger partial charge < -0.3 is 0 Å². The molecule has 0 saturated heterocycles. The maximum Gasteiger partial charge on any atom is 0.216 e. The van der Waals surface area contributed by atoms with Crippen LogP contribution in [0.3, 0.4) is 0 Å². The predicted molar refractivity (Wildman–Crippen MR) is 98.7 cm³/mol. The third-order valence-corrected chi connectivity index (χ3v) is 6.18. The first kappa shape index (κ1) is 17.5. The molecule has 0 radical (unpaired) electrons. The van der Waals surface area contributed by atoms with Gasteiger partial charge in [-0.15, -0.1) is 0 Å². The van der Waals surface area contributed by atoms with Crippen molar-refractivity contribution in [3.8, 4) is 0 Å². The minimum atomic E-state index is -3.41. The first-order valence-electron chi connectivity index (χ1n) is 8.29. The van der Waals surface area contributed by atoms with Crippen molar-refractivity contribution < 1.29 is 8.42 Å². The first-order valence-corrected chi connectivity index (χ1v) is 10.3. The van der Waals surface area contributed by atoms with Gasteiger partial charge in [0.1, 0.15) is 0 Å². The molecule has 128 valence electrons. The number of fused-ring (bicyclic) bond motifs is 1. The fraction of sp³-hybridized carbons (Fsp3) is 0.368. The first-order chi connectivity index (χ1) is 11.4. The fourth-order valence-corrected chi connectivity index (χ4v) is 4.72. The highest BCUT2D eigenvalue weighted by molar-refractivity contribution is 7.88. The number of hydrogen-bond acceptors (Lipinski definition) is 2. The fourth-order valence-electron chi connectivity index (χ4n) is 3.20. The second-order valence-corrected chi connectivity index (χ2v) is 8.65. The van der Waals surface area contributed by atoms with Crippen molar-refractivity contribution in [2.75, 3.05) is 0 Å². The second-order valence-electron chi connectivity index (χ2n) is 6.46. The summed E-state index contributed by atoms with van der Waals surface area (Å²) in [7, 11) is -3.41. The molecule has 1 atom stereocenters. The molecule has 3 nitrogen and oxygen atoms in total. The van der Waals surface area contributed by atoms with Crippen LogP contribution in [0.1, 0.15) is 48.1 Å². The van der Waals surface area contributed by atoms with Gasteiger partial charge in [-0.3, -0.25) is 0 Å². The summed E-state index contributed by atoms with van der Waals surface area (Å²) in [6.07, 6.45) is 4.68. The smallest absolute Gasteiger partial charge is 0.212 e. The molecular weight excluding hydrogens is 342 g/mol. The summed E-state index contributed by atoms with van der Waals surface area (Å²) >= 11 is 5.84. The maximum absolute atomic E-state index is 12.4. The van der Waals surface area contributed by atoms with Gasteiger partial charge in [-0.05, 0) is 67.0 Å². The predicted octanol–water partition coefficient (Wildman–Crippen LogP) is 4.40. The molecule has 3 rings (SSSR count). The molecule has 2 aromatic carbocycles. The largest absolute Gasteiger partial charge is 0.216 e. The Morgan fingerprint density at radius 2 is 1.71 bits per heavy atom. The summed E-state index contributed by atoms with van der Waals surface area (Å²) in [5, 5.41) is 0.603. The third-order valence-electron chi connectivity index (χ3n) is 4.50. The van der Waals surface area contributed by atoms with Crippen molar-refractivity contribution in [1.82, 2.24) is 4.72 Å². The van der Waals surface area contributed by atoms with Gasteiger partial charge in [-0.25, -0.2) is 13.1 Å². The Morgan fingerprint density at radius 1 is 1.04 bits per heavy atom. The molecule has 0 heterocycles. The molecule has 0 fully saturated rings. The Morgan fingerprint density at radius 3 is 2.42 bits per heavy atom. The van der Waals surface area contributed by atoms with Gasteiger partial charge in [-0.2, -0.15) is 0 Å². The highest BCUT2D eigenvalue weighted by atomic mass is 35.5.